The van der Waals surface area contributed by atoms with Crippen molar-refractivity contribution in [1.82, 2.24) is 10.3 Å². The Morgan fingerprint density at radius 1 is 1.67 bits per heavy atom. The third-order valence-corrected chi connectivity index (χ3v) is 3.22. The molecule has 0 saturated carbocycles. The van der Waals surface area contributed by atoms with Crippen LogP contribution in [0.25, 0.3) is 0 Å². The van der Waals surface area contributed by atoms with Gasteiger partial charge in [-0.2, -0.15) is 0 Å². The standard InChI is InChI=1S/C9H16N2S/c1-4-8-6-11-9(12-8)7(2)5-10-3/h6-7,10H,4-5H2,1-3H3. The summed E-state index contributed by atoms with van der Waals surface area (Å²) in [4.78, 5) is 5.77. The predicted molar refractivity (Wildman–Crippen MR) is 53.8 cm³/mol. The molecule has 0 spiro atoms. The highest BCUT2D eigenvalue weighted by atomic mass is 32.1. The quantitative estimate of drug-likeness (QED) is 0.774. The van der Waals surface area contributed by atoms with Gasteiger partial charge in [0.2, 0.25) is 0 Å². The molecule has 3 heteroatoms. The van der Waals surface area contributed by atoms with Crippen molar-refractivity contribution in [2.45, 2.75) is 26.2 Å². The van der Waals surface area contributed by atoms with Crippen LogP contribution >= 0.6 is 11.3 Å². The molecule has 1 heterocycles. The summed E-state index contributed by atoms with van der Waals surface area (Å²) in [7, 11) is 1.98. The van der Waals surface area contributed by atoms with Crippen molar-refractivity contribution in [2.24, 2.45) is 0 Å². The minimum absolute atomic E-state index is 0.542. The average molecular weight is 184 g/mol. The van der Waals surface area contributed by atoms with Gasteiger partial charge in [-0.25, -0.2) is 4.98 Å². The molecule has 1 N–H and O–H groups in total. The Labute approximate surface area is 78.0 Å². The lowest BCUT2D eigenvalue weighted by Crippen LogP contribution is -2.14. The molecule has 0 saturated heterocycles. The van der Waals surface area contributed by atoms with Crippen LogP contribution in [0.3, 0.4) is 0 Å². The van der Waals surface area contributed by atoms with E-state index in [1.165, 1.54) is 9.88 Å². The van der Waals surface area contributed by atoms with Gasteiger partial charge < -0.3 is 5.32 Å². The van der Waals surface area contributed by atoms with Crippen LogP contribution in [0.5, 0.6) is 0 Å². The number of hydrogen-bond donors (Lipinski definition) is 1. The van der Waals surface area contributed by atoms with E-state index in [-0.39, 0.29) is 0 Å². The number of likely N-dealkylation sites (N-methyl/N-ethyl adjacent to an activating group) is 1. The molecule has 0 aliphatic heterocycles. The van der Waals surface area contributed by atoms with Crippen molar-refractivity contribution in [2.75, 3.05) is 13.6 Å². The number of nitrogens with one attached hydrogen (secondary N) is 1. The Morgan fingerprint density at radius 2 is 2.42 bits per heavy atom. The van der Waals surface area contributed by atoms with E-state index >= 15 is 0 Å². The van der Waals surface area contributed by atoms with Gasteiger partial charge >= 0.3 is 0 Å². The van der Waals surface area contributed by atoms with Gasteiger partial charge in [-0.1, -0.05) is 13.8 Å². The van der Waals surface area contributed by atoms with Crippen LogP contribution < -0.4 is 5.32 Å². The summed E-state index contributed by atoms with van der Waals surface area (Å²) in [6.45, 7) is 5.38. The topological polar surface area (TPSA) is 24.9 Å². The molecule has 0 aliphatic rings. The minimum atomic E-state index is 0.542. The van der Waals surface area contributed by atoms with E-state index in [9.17, 15) is 0 Å². The van der Waals surface area contributed by atoms with Crippen LogP contribution in [0.4, 0.5) is 0 Å². The van der Waals surface area contributed by atoms with Gasteiger partial charge in [0.15, 0.2) is 0 Å². The lowest BCUT2D eigenvalue weighted by atomic mass is 10.2. The van der Waals surface area contributed by atoms with Crippen LogP contribution in [0.15, 0.2) is 6.20 Å². The van der Waals surface area contributed by atoms with E-state index in [0.29, 0.717) is 5.92 Å². The average Bonchev–Trinajstić information content (AvgIpc) is 2.52. The molecule has 0 amide bonds. The maximum atomic E-state index is 4.38. The second-order valence-corrected chi connectivity index (χ2v) is 4.12. The molecule has 1 aromatic heterocycles. The molecule has 0 aromatic carbocycles. The van der Waals surface area contributed by atoms with Crippen LogP contribution in [-0.2, 0) is 6.42 Å². The third-order valence-electron chi connectivity index (χ3n) is 1.85. The lowest BCUT2D eigenvalue weighted by Gasteiger charge is -2.05. The fourth-order valence-electron chi connectivity index (χ4n) is 1.11. The summed E-state index contributed by atoms with van der Waals surface area (Å²) in [5, 5.41) is 4.41. The van der Waals surface area contributed by atoms with E-state index < -0.39 is 0 Å². The molecule has 1 aromatic rings. The molecular formula is C9H16N2S. The lowest BCUT2D eigenvalue weighted by molar-refractivity contribution is 0.674. The van der Waals surface area contributed by atoms with Crippen molar-refractivity contribution in [1.29, 1.82) is 0 Å². The van der Waals surface area contributed by atoms with Gasteiger partial charge in [0.05, 0.1) is 5.01 Å². The monoisotopic (exact) mass is 184 g/mol. The molecule has 2 nitrogen and oxygen atoms in total. The highest BCUT2D eigenvalue weighted by Crippen LogP contribution is 2.21. The smallest absolute Gasteiger partial charge is 0.0968 e. The largest absolute Gasteiger partial charge is 0.319 e. The Morgan fingerprint density at radius 3 is 2.92 bits per heavy atom. The van der Waals surface area contributed by atoms with Gasteiger partial charge in [0, 0.05) is 23.5 Å². The summed E-state index contributed by atoms with van der Waals surface area (Å²) in [5.74, 6) is 0.542. The molecule has 1 atom stereocenters. The number of nitrogens with zero attached hydrogens (tertiary/aromatic N) is 1. The zero-order valence-corrected chi connectivity index (χ0v) is 8.74. The van der Waals surface area contributed by atoms with Crippen molar-refractivity contribution < 1.29 is 0 Å². The van der Waals surface area contributed by atoms with E-state index in [4.69, 9.17) is 0 Å². The number of thiazole rings is 1. The predicted octanol–water partition coefficient (Wildman–Crippen LogP) is 2.03. The van der Waals surface area contributed by atoms with Crippen molar-refractivity contribution in [3.63, 3.8) is 0 Å². The Hall–Kier alpha value is -0.410. The van der Waals surface area contributed by atoms with E-state index in [2.05, 4.69) is 24.1 Å². The Kier molecular flexibility index (Phi) is 3.69. The maximum absolute atomic E-state index is 4.38. The van der Waals surface area contributed by atoms with Crippen molar-refractivity contribution in [3.8, 4) is 0 Å². The fraction of sp³-hybridized carbons (Fsp3) is 0.667. The molecule has 0 fully saturated rings. The first-order valence-electron chi connectivity index (χ1n) is 4.37. The first-order chi connectivity index (χ1) is 5.77. The number of aromatic nitrogens is 1. The fourth-order valence-corrected chi connectivity index (χ4v) is 2.02. The first kappa shape index (κ1) is 9.68. The van der Waals surface area contributed by atoms with E-state index in [1.807, 2.05) is 24.6 Å². The second-order valence-electron chi connectivity index (χ2n) is 2.98. The Balaban J connectivity index is 2.61. The summed E-state index contributed by atoms with van der Waals surface area (Å²) in [5.41, 5.74) is 0. The van der Waals surface area contributed by atoms with E-state index in [1.54, 1.807) is 0 Å². The minimum Gasteiger partial charge on any atom is -0.319 e. The summed E-state index contributed by atoms with van der Waals surface area (Å²) in [6, 6.07) is 0. The van der Waals surface area contributed by atoms with Gasteiger partial charge in [0.25, 0.3) is 0 Å². The van der Waals surface area contributed by atoms with Crippen LogP contribution in [0.1, 0.15) is 29.7 Å². The summed E-state index contributed by atoms with van der Waals surface area (Å²) >= 11 is 1.83. The normalized spacial score (nSPS) is 13.2. The van der Waals surface area contributed by atoms with Crippen LogP contribution in [0.2, 0.25) is 0 Å². The first-order valence-corrected chi connectivity index (χ1v) is 5.18. The van der Waals surface area contributed by atoms with Gasteiger partial charge in [-0.05, 0) is 13.5 Å². The van der Waals surface area contributed by atoms with Gasteiger partial charge in [-0.15, -0.1) is 11.3 Å². The zero-order chi connectivity index (χ0) is 8.97. The summed E-state index contributed by atoms with van der Waals surface area (Å²) in [6.07, 6.45) is 3.09. The number of hydrogen-bond acceptors (Lipinski definition) is 3. The van der Waals surface area contributed by atoms with Crippen LogP contribution in [0, 0.1) is 0 Å². The highest BCUT2D eigenvalue weighted by molar-refractivity contribution is 7.11. The molecule has 0 radical (unpaired) electrons. The van der Waals surface area contributed by atoms with Crippen molar-refractivity contribution in [3.05, 3.63) is 16.1 Å². The molecule has 0 aliphatic carbocycles. The summed E-state index contributed by atoms with van der Waals surface area (Å²) < 4.78 is 0. The number of rotatable bonds is 4. The molecule has 1 rings (SSSR count). The molecule has 0 bridgehead atoms. The third kappa shape index (κ3) is 2.29. The van der Waals surface area contributed by atoms with E-state index in [0.717, 1.165) is 13.0 Å². The Bertz CT molecular complexity index is 232. The zero-order valence-electron chi connectivity index (χ0n) is 7.92. The number of aryl methyl sites for hydroxylation is 1. The molecule has 68 valence electrons. The van der Waals surface area contributed by atoms with Crippen molar-refractivity contribution >= 4 is 11.3 Å². The van der Waals surface area contributed by atoms with Gasteiger partial charge in [0.1, 0.15) is 0 Å². The highest BCUT2D eigenvalue weighted by Gasteiger charge is 2.08. The molecule has 12 heavy (non-hydrogen) atoms. The second kappa shape index (κ2) is 4.58. The molecule has 1 unspecified atom stereocenters. The van der Waals surface area contributed by atoms with Crippen LogP contribution in [-0.4, -0.2) is 18.6 Å². The van der Waals surface area contributed by atoms with Gasteiger partial charge in [-0.3, -0.25) is 0 Å². The SMILES string of the molecule is CCc1cnc(C(C)CNC)s1. The maximum Gasteiger partial charge on any atom is 0.0968 e. The molecular weight excluding hydrogens is 168 g/mol.